The van der Waals surface area contributed by atoms with E-state index in [1.807, 2.05) is 24.3 Å². The smallest absolute Gasteiger partial charge is 0.261 e. The van der Waals surface area contributed by atoms with Gasteiger partial charge in [-0.25, -0.2) is 8.42 Å². The zero-order valence-corrected chi connectivity index (χ0v) is 15.5. The van der Waals surface area contributed by atoms with Crippen molar-refractivity contribution in [2.45, 2.75) is 23.6 Å². The van der Waals surface area contributed by atoms with Crippen LogP contribution in [0.4, 0.5) is 0 Å². The Bertz CT molecular complexity index is 855. The molecule has 6 nitrogen and oxygen atoms in total. The predicted molar refractivity (Wildman–Crippen MR) is 96.5 cm³/mol. The Labute approximate surface area is 151 Å². The minimum Gasteiger partial charge on any atom is -0.496 e. The first-order valence-electron chi connectivity index (χ1n) is 8.02. The van der Waals surface area contributed by atoms with Crippen LogP contribution in [0.3, 0.4) is 0 Å². The number of hydrogen-bond donors (Lipinski definition) is 1. The third-order valence-electron chi connectivity index (χ3n) is 4.10. The van der Waals surface area contributed by atoms with Crippen LogP contribution in [0.15, 0.2) is 40.6 Å². The van der Waals surface area contributed by atoms with Crippen molar-refractivity contribution in [3.63, 3.8) is 0 Å². The fourth-order valence-electron chi connectivity index (χ4n) is 2.75. The second kappa shape index (κ2) is 7.55. The van der Waals surface area contributed by atoms with Crippen LogP contribution in [-0.2, 0) is 16.6 Å². The largest absolute Gasteiger partial charge is 0.496 e. The van der Waals surface area contributed by atoms with Crippen LogP contribution in [0.1, 0.15) is 28.1 Å². The molecule has 25 heavy (non-hydrogen) atoms. The Morgan fingerprint density at radius 2 is 1.92 bits per heavy atom. The lowest BCUT2D eigenvalue weighted by molar-refractivity contribution is 0.0954. The third-order valence-corrected chi connectivity index (χ3v) is 7.55. The van der Waals surface area contributed by atoms with Crippen molar-refractivity contribution in [3.05, 3.63) is 46.8 Å². The van der Waals surface area contributed by atoms with Crippen LogP contribution in [0.5, 0.6) is 5.75 Å². The minimum absolute atomic E-state index is 0.219. The Kier molecular flexibility index (Phi) is 5.41. The summed E-state index contributed by atoms with van der Waals surface area (Å²) in [6.07, 6.45) is 1.77. The highest BCUT2D eigenvalue weighted by atomic mass is 32.2. The molecule has 2 heterocycles. The first-order valence-corrected chi connectivity index (χ1v) is 10.3. The summed E-state index contributed by atoms with van der Waals surface area (Å²) in [6, 6.07) is 10.5. The van der Waals surface area contributed by atoms with Gasteiger partial charge >= 0.3 is 0 Å². The van der Waals surface area contributed by atoms with Gasteiger partial charge in [0.15, 0.2) is 0 Å². The molecule has 1 amide bonds. The van der Waals surface area contributed by atoms with E-state index in [9.17, 15) is 13.2 Å². The maximum Gasteiger partial charge on any atom is 0.261 e. The van der Waals surface area contributed by atoms with Gasteiger partial charge in [-0.15, -0.1) is 11.3 Å². The molecule has 0 aliphatic carbocycles. The van der Waals surface area contributed by atoms with Crippen LogP contribution < -0.4 is 10.1 Å². The van der Waals surface area contributed by atoms with Crippen molar-refractivity contribution in [2.75, 3.05) is 20.2 Å². The number of para-hydroxylation sites is 1. The van der Waals surface area contributed by atoms with Gasteiger partial charge in [-0.2, -0.15) is 4.31 Å². The lowest BCUT2D eigenvalue weighted by Gasteiger charge is -2.13. The SMILES string of the molecule is COc1ccccc1CNC(=O)c1ccc(S(=O)(=O)N2CCCC2)s1. The molecule has 3 rings (SSSR count). The number of nitrogens with zero attached hydrogens (tertiary/aromatic N) is 1. The van der Waals surface area contributed by atoms with E-state index in [-0.39, 0.29) is 10.1 Å². The summed E-state index contributed by atoms with van der Waals surface area (Å²) >= 11 is 1.01. The first kappa shape index (κ1) is 17.9. The van der Waals surface area contributed by atoms with Crippen LogP contribution in [0, 0.1) is 0 Å². The van der Waals surface area contributed by atoms with E-state index in [1.165, 1.54) is 10.4 Å². The molecule has 1 aliphatic heterocycles. The molecule has 0 unspecified atom stereocenters. The molecule has 0 bridgehead atoms. The Hall–Kier alpha value is -1.90. The Morgan fingerprint density at radius 3 is 2.64 bits per heavy atom. The molecule has 1 fully saturated rings. The summed E-state index contributed by atoms with van der Waals surface area (Å²) in [7, 11) is -1.90. The fraction of sp³-hybridized carbons (Fsp3) is 0.353. The summed E-state index contributed by atoms with van der Waals surface area (Å²) in [5.74, 6) is 0.407. The van der Waals surface area contributed by atoms with E-state index in [1.54, 1.807) is 13.2 Å². The van der Waals surface area contributed by atoms with Crippen molar-refractivity contribution >= 4 is 27.3 Å². The second-order valence-electron chi connectivity index (χ2n) is 5.72. The number of benzene rings is 1. The van der Waals surface area contributed by atoms with E-state index in [0.29, 0.717) is 30.3 Å². The summed E-state index contributed by atoms with van der Waals surface area (Å²) in [4.78, 5) is 12.7. The Morgan fingerprint density at radius 1 is 1.20 bits per heavy atom. The van der Waals surface area contributed by atoms with Crippen molar-refractivity contribution in [2.24, 2.45) is 0 Å². The van der Waals surface area contributed by atoms with Crippen molar-refractivity contribution in [3.8, 4) is 5.75 Å². The monoisotopic (exact) mass is 380 g/mol. The number of nitrogens with one attached hydrogen (secondary N) is 1. The number of amides is 1. The lowest BCUT2D eigenvalue weighted by Crippen LogP contribution is -2.27. The maximum absolute atomic E-state index is 12.5. The number of methoxy groups -OCH3 is 1. The number of carbonyl (C=O) groups is 1. The van der Waals surface area contributed by atoms with Gasteiger partial charge in [0.05, 0.1) is 12.0 Å². The number of hydrogen-bond acceptors (Lipinski definition) is 5. The molecular weight excluding hydrogens is 360 g/mol. The third kappa shape index (κ3) is 3.86. The van der Waals surface area contributed by atoms with Gasteiger partial charge in [0.1, 0.15) is 9.96 Å². The standard InChI is InChI=1S/C17H20N2O4S2/c1-23-14-7-3-2-6-13(14)12-18-17(20)15-8-9-16(24-15)25(21,22)19-10-4-5-11-19/h2-3,6-9H,4-5,10-12H2,1H3,(H,18,20). The molecule has 1 aromatic heterocycles. The minimum atomic E-state index is -3.48. The van der Waals surface area contributed by atoms with Crippen molar-refractivity contribution in [1.82, 2.24) is 9.62 Å². The van der Waals surface area contributed by atoms with E-state index in [2.05, 4.69) is 5.32 Å². The van der Waals surface area contributed by atoms with Gasteiger partial charge < -0.3 is 10.1 Å². The molecule has 1 aliphatic rings. The molecule has 1 aromatic carbocycles. The van der Waals surface area contributed by atoms with Crippen molar-refractivity contribution in [1.29, 1.82) is 0 Å². The van der Waals surface area contributed by atoms with E-state index in [0.717, 1.165) is 29.7 Å². The van der Waals surface area contributed by atoms with Crippen LogP contribution >= 0.6 is 11.3 Å². The van der Waals surface area contributed by atoms with Gasteiger partial charge in [-0.1, -0.05) is 18.2 Å². The molecule has 0 atom stereocenters. The molecule has 0 spiro atoms. The molecule has 1 N–H and O–H groups in total. The van der Waals surface area contributed by atoms with Crippen molar-refractivity contribution < 1.29 is 17.9 Å². The summed E-state index contributed by atoms with van der Waals surface area (Å²) < 4.78 is 32.0. The number of thiophene rings is 1. The highest BCUT2D eigenvalue weighted by molar-refractivity contribution is 7.91. The van der Waals surface area contributed by atoms with E-state index in [4.69, 9.17) is 4.74 Å². The quantitative estimate of drug-likeness (QED) is 0.835. The van der Waals surface area contributed by atoms with Gasteiger partial charge in [-0.05, 0) is 31.0 Å². The van der Waals surface area contributed by atoms with E-state index < -0.39 is 10.0 Å². The predicted octanol–water partition coefficient (Wildman–Crippen LogP) is 2.47. The molecule has 0 radical (unpaired) electrons. The highest BCUT2D eigenvalue weighted by Crippen LogP contribution is 2.27. The van der Waals surface area contributed by atoms with E-state index >= 15 is 0 Å². The normalized spacial score (nSPS) is 15.2. The van der Waals surface area contributed by atoms with Gasteiger partial charge in [-0.3, -0.25) is 4.79 Å². The maximum atomic E-state index is 12.5. The summed E-state index contributed by atoms with van der Waals surface area (Å²) in [5, 5.41) is 2.81. The average Bonchev–Trinajstić information content (AvgIpc) is 3.31. The second-order valence-corrected chi connectivity index (χ2v) is 8.97. The molecule has 2 aromatic rings. The topological polar surface area (TPSA) is 75.7 Å². The summed E-state index contributed by atoms with van der Waals surface area (Å²) in [5.41, 5.74) is 0.861. The molecule has 0 saturated carbocycles. The zero-order valence-electron chi connectivity index (χ0n) is 13.9. The number of sulfonamides is 1. The first-order chi connectivity index (χ1) is 12.0. The van der Waals surface area contributed by atoms with Crippen LogP contribution in [0.25, 0.3) is 0 Å². The van der Waals surface area contributed by atoms with Crippen LogP contribution in [-0.4, -0.2) is 38.8 Å². The fourth-order valence-corrected chi connectivity index (χ4v) is 5.64. The Balaban J connectivity index is 1.68. The lowest BCUT2D eigenvalue weighted by atomic mass is 10.2. The summed E-state index contributed by atoms with van der Waals surface area (Å²) in [6.45, 7) is 1.42. The molecule has 1 saturated heterocycles. The van der Waals surface area contributed by atoms with Gasteiger partial charge in [0.25, 0.3) is 15.9 Å². The average molecular weight is 380 g/mol. The molecule has 134 valence electrons. The zero-order chi connectivity index (χ0) is 17.9. The number of rotatable bonds is 6. The van der Waals surface area contributed by atoms with Crippen LogP contribution in [0.2, 0.25) is 0 Å². The molecule has 8 heteroatoms. The number of ether oxygens (including phenoxy) is 1. The molecular formula is C17H20N2O4S2. The van der Waals surface area contributed by atoms with Gasteiger partial charge in [0, 0.05) is 25.2 Å². The van der Waals surface area contributed by atoms with Gasteiger partial charge in [0.2, 0.25) is 0 Å². The number of carbonyl (C=O) groups excluding carboxylic acids is 1. The highest BCUT2D eigenvalue weighted by Gasteiger charge is 2.29.